The molecule has 0 atom stereocenters. The van der Waals surface area contributed by atoms with Crippen LogP contribution < -0.4 is 10.4 Å². The minimum atomic E-state index is 0.949. The summed E-state index contributed by atoms with van der Waals surface area (Å²) < 4.78 is 1.39. The third-order valence-corrected chi connectivity index (χ3v) is 9.73. The Morgan fingerprint density at radius 2 is 1.48 bits per heavy atom. The van der Waals surface area contributed by atoms with Gasteiger partial charge in [-0.2, -0.15) is 0 Å². The molecule has 190 valence electrons. The van der Waals surface area contributed by atoms with E-state index >= 15 is 0 Å². The zero-order valence-corrected chi connectivity index (χ0v) is 23.1. The van der Waals surface area contributed by atoms with Crippen molar-refractivity contribution >= 4 is 57.0 Å². The first-order valence-corrected chi connectivity index (χ1v) is 14.9. The van der Waals surface area contributed by atoms with E-state index in [-0.39, 0.29) is 0 Å². The van der Waals surface area contributed by atoms with Crippen molar-refractivity contribution in [2.24, 2.45) is 0 Å². The lowest BCUT2D eigenvalue weighted by Gasteiger charge is -2.18. The standard InChI is InChI=1S/C39H28S/c1-25-12-2-4-14-27(25)28-15-5-3-13-26(28)24-35-29-16-6-7-17-31(29)38(32-20-10-19-30(32)35)34-21-11-23-37-39(34)33-18-8-9-22-36(33)40-37/h2-8,10-18,20-21,23-24H,1,9,19,22H2/b26-24?,28-27-. The van der Waals surface area contributed by atoms with Gasteiger partial charge in [-0.15, -0.1) is 11.3 Å². The van der Waals surface area contributed by atoms with Gasteiger partial charge in [-0.3, -0.25) is 0 Å². The van der Waals surface area contributed by atoms with Gasteiger partial charge in [-0.1, -0.05) is 116 Å². The van der Waals surface area contributed by atoms with Gasteiger partial charge in [0.25, 0.3) is 0 Å². The van der Waals surface area contributed by atoms with E-state index in [9.17, 15) is 0 Å². The predicted octanol–water partition coefficient (Wildman–Crippen LogP) is 8.78. The van der Waals surface area contributed by atoms with Crippen molar-refractivity contribution in [3.8, 4) is 11.1 Å². The molecule has 0 aliphatic heterocycles. The average molecular weight is 529 g/mol. The molecule has 0 radical (unpaired) electrons. The van der Waals surface area contributed by atoms with Crippen LogP contribution in [0.3, 0.4) is 0 Å². The molecule has 2 aliphatic rings. The van der Waals surface area contributed by atoms with E-state index in [1.165, 1.54) is 74.8 Å². The topological polar surface area (TPSA) is 0 Å². The number of hydrogen-bond acceptors (Lipinski definition) is 1. The van der Waals surface area contributed by atoms with E-state index in [0.29, 0.717) is 0 Å². The Kier molecular flexibility index (Phi) is 5.46. The summed E-state index contributed by atoms with van der Waals surface area (Å²) in [6.45, 7) is 4.32. The van der Waals surface area contributed by atoms with Crippen LogP contribution in [0.25, 0.3) is 56.8 Å². The fourth-order valence-corrected chi connectivity index (χ4v) is 7.94. The lowest BCUT2D eigenvalue weighted by molar-refractivity contribution is 1.02. The number of allylic oxidation sites excluding steroid dienone is 2. The molecular weight excluding hydrogens is 500 g/mol. The number of hydrogen-bond donors (Lipinski definition) is 0. The molecular formula is C39H28S. The van der Waals surface area contributed by atoms with Crippen LogP contribution in [0, 0.1) is 10.4 Å². The quantitative estimate of drug-likeness (QED) is 0.211. The molecule has 0 nitrogen and oxygen atoms in total. The summed E-state index contributed by atoms with van der Waals surface area (Å²) in [5.41, 5.74) is 8.28. The van der Waals surface area contributed by atoms with Crippen LogP contribution in [0.15, 0.2) is 103 Å². The highest BCUT2D eigenvalue weighted by Gasteiger charge is 2.23. The second-order valence-electron chi connectivity index (χ2n) is 10.8. The number of thiophene rings is 1. The minimum Gasteiger partial charge on any atom is -0.140 e. The summed E-state index contributed by atoms with van der Waals surface area (Å²) >= 11 is 1.97. The third-order valence-electron chi connectivity index (χ3n) is 8.50. The van der Waals surface area contributed by atoms with Gasteiger partial charge in [-0.05, 0) is 96.4 Å². The Hall–Kier alpha value is -4.46. The van der Waals surface area contributed by atoms with E-state index in [2.05, 4.69) is 128 Å². The van der Waals surface area contributed by atoms with Crippen LogP contribution in [0.1, 0.15) is 33.6 Å². The third kappa shape index (κ3) is 3.58. The van der Waals surface area contributed by atoms with Crippen LogP contribution in [-0.4, -0.2) is 0 Å². The number of aryl methyl sites for hydroxylation is 1. The lowest BCUT2D eigenvalue weighted by Crippen LogP contribution is -2.09. The zero-order valence-electron chi connectivity index (χ0n) is 22.3. The van der Waals surface area contributed by atoms with Crippen molar-refractivity contribution in [3.05, 3.63) is 151 Å². The monoisotopic (exact) mass is 528 g/mol. The highest BCUT2D eigenvalue weighted by molar-refractivity contribution is 7.19. The molecule has 1 aromatic heterocycles. The summed E-state index contributed by atoms with van der Waals surface area (Å²) in [6.07, 6.45) is 15.0. The molecule has 0 amide bonds. The molecule has 0 saturated carbocycles. The Labute approximate surface area is 237 Å². The Morgan fingerprint density at radius 3 is 2.38 bits per heavy atom. The van der Waals surface area contributed by atoms with E-state index < -0.39 is 0 Å². The second kappa shape index (κ2) is 9.33. The van der Waals surface area contributed by atoms with Crippen molar-refractivity contribution in [1.82, 2.24) is 0 Å². The predicted molar refractivity (Wildman–Crippen MR) is 174 cm³/mol. The van der Waals surface area contributed by atoms with Gasteiger partial charge in [-0.25, -0.2) is 0 Å². The van der Waals surface area contributed by atoms with Crippen molar-refractivity contribution in [1.29, 1.82) is 0 Å². The molecule has 0 saturated heterocycles. The number of benzene rings is 5. The smallest absolute Gasteiger partial charge is 0.0358 e. The summed E-state index contributed by atoms with van der Waals surface area (Å²) in [5.74, 6) is 0. The van der Waals surface area contributed by atoms with Crippen LogP contribution in [0.5, 0.6) is 0 Å². The SMILES string of the molecule is C=c1cccc/c1=c1\ccccc1=Cc1c2c(c(-c3cccc4sc5c(c34)C=CCC5)c3ccccc13)C=CC2. The van der Waals surface area contributed by atoms with Gasteiger partial charge in [0.2, 0.25) is 0 Å². The van der Waals surface area contributed by atoms with E-state index in [0.717, 1.165) is 24.5 Å². The van der Waals surface area contributed by atoms with Gasteiger partial charge in [0.15, 0.2) is 0 Å². The first-order chi connectivity index (χ1) is 19.8. The Morgan fingerprint density at radius 1 is 0.700 bits per heavy atom. The fourth-order valence-electron chi connectivity index (χ4n) is 6.71. The Bertz CT molecular complexity index is 2260. The summed E-state index contributed by atoms with van der Waals surface area (Å²) in [5, 5.41) is 8.74. The minimum absolute atomic E-state index is 0.949. The molecule has 2 aliphatic carbocycles. The van der Waals surface area contributed by atoms with Crippen LogP contribution in [0.2, 0.25) is 0 Å². The van der Waals surface area contributed by atoms with Crippen LogP contribution in [0.4, 0.5) is 0 Å². The maximum atomic E-state index is 4.32. The average Bonchev–Trinajstić information content (AvgIpc) is 3.63. The zero-order chi connectivity index (χ0) is 26.6. The highest BCUT2D eigenvalue weighted by Crippen LogP contribution is 2.47. The number of fused-ring (bicyclic) bond motifs is 5. The van der Waals surface area contributed by atoms with Gasteiger partial charge in [0.1, 0.15) is 0 Å². The molecule has 1 heterocycles. The van der Waals surface area contributed by atoms with Crippen molar-refractivity contribution in [2.45, 2.75) is 19.3 Å². The molecule has 6 aromatic rings. The maximum Gasteiger partial charge on any atom is 0.0358 e. The first-order valence-electron chi connectivity index (χ1n) is 14.1. The molecule has 0 unspecified atom stereocenters. The van der Waals surface area contributed by atoms with E-state index in [4.69, 9.17) is 0 Å². The number of rotatable bonds is 2. The van der Waals surface area contributed by atoms with Crippen LogP contribution >= 0.6 is 11.3 Å². The fraction of sp³-hybridized carbons (Fsp3) is 0.0769. The van der Waals surface area contributed by atoms with Crippen molar-refractivity contribution < 1.29 is 0 Å². The van der Waals surface area contributed by atoms with E-state index in [1.807, 2.05) is 11.3 Å². The molecule has 8 rings (SSSR count). The molecule has 5 aromatic carbocycles. The molecule has 0 N–H and O–H groups in total. The van der Waals surface area contributed by atoms with Gasteiger partial charge >= 0.3 is 0 Å². The molecule has 0 fully saturated rings. The van der Waals surface area contributed by atoms with Gasteiger partial charge in [0.05, 0.1) is 0 Å². The maximum absolute atomic E-state index is 4.32. The van der Waals surface area contributed by atoms with Crippen LogP contribution in [-0.2, 0) is 12.8 Å². The summed E-state index contributed by atoms with van der Waals surface area (Å²) in [6, 6.07) is 33.1. The summed E-state index contributed by atoms with van der Waals surface area (Å²) in [7, 11) is 0. The largest absolute Gasteiger partial charge is 0.140 e. The van der Waals surface area contributed by atoms with Crippen molar-refractivity contribution in [2.75, 3.05) is 0 Å². The first kappa shape index (κ1) is 23.4. The molecule has 1 heteroatoms. The van der Waals surface area contributed by atoms with Gasteiger partial charge < -0.3 is 0 Å². The van der Waals surface area contributed by atoms with Crippen molar-refractivity contribution in [3.63, 3.8) is 0 Å². The summed E-state index contributed by atoms with van der Waals surface area (Å²) in [4.78, 5) is 1.52. The van der Waals surface area contributed by atoms with Gasteiger partial charge in [0, 0.05) is 15.0 Å². The second-order valence-corrected chi connectivity index (χ2v) is 11.9. The lowest BCUT2D eigenvalue weighted by atomic mass is 9.85. The normalized spacial score (nSPS) is 15.2. The van der Waals surface area contributed by atoms with E-state index in [1.54, 1.807) is 0 Å². The molecule has 40 heavy (non-hydrogen) atoms. The highest BCUT2D eigenvalue weighted by atomic mass is 32.1. The Balaban J connectivity index is 1.50. The molecule has 0 spiro atoms. The molecule has 0 bridgehead atoms.